The van der Waals surface area contributed by atoms with Crippen molar-refractivity contribution < 1.29 is 9.53 Å². The predicted octanol–water partition coefficient (Wildman–Crippen LogP) is 2.43. The smallest absolute Gasteiger partial charge is 0.274 e. The fourth-order valence-electron chi connectivity index (χ4n) is 2.67. The molecule has 1 aliphatic heterocycles. The van der Waals surface area contributed by atoms with Gasteiger partial charge in [-0.15, -0.1) is 0 Å². The van der Waals surface area contributed by atoms with E-state index < -0.39 is 0 Å². The zero-order valence-electron chi connectivity index (χ0n) is 14.7. The van der Waals surface area contributed by atoms with Crippen LogP contribution in [0.15, 0.2) is 30.6 Å². The molecule has 0 aliphatic carbocycles. The van der Waals surface area contributed by atoms with Crippen LogP contribution in [0.2, 0.25) is 5.02 Å². The number of benzene rings is 1. The van der Waals surface area contributed by atoms with Gasteiger partial charge < -0.3 is 15.4 Å². The Hall–Kier alpha value is -2.22. The number of amides is 1. The van der Waals surface area contributed by atoms with E-state index in [4.69, 9.17) is 16.3 Å². The Morgan fingerprint density at radius 1 is 1.31 bits per heavy atom. The van der Waals surface area contributed by atoms with Crippen LogP contribution >= 0.6 is 11.6 Å². The molecule has 1 aromatic carbocycles. The summed E-state index contributed by atoms with van der Waals surface area (Å²) in [5.74, 6) is 0.329. The third kappa shape index (κ3) is 4.91. The molecule has 1 saturated heterocycles. The van der Waals surface area contributed by atoms with Crippen LogP contribution < -0.4 is 10.6 Å². The lowest BCUT2D eigenvalue weighted by Crippen LogP contribution is -2.39. The number of ether oxygens (including phenoxy) is 1. The standard InChI is InChI=1S/C18H22ClN5O2/c1-13-14(19)3-2-4-15(13)23-18(25)16-11-17(22-12-21-16)20-5-6-24-7-9-26-10-8-24/h2-4,11-12H,5-10H2,1H3,(H,23,25)(H,20,21,22). The summed E-state index contributed by atoms with van der Waals surface area (Å²) in [5, 5.41) is 6.68. The third-order valence-corrected chi connectivity index (χ3v) is 4.66. The molecule has 2 aromatic rings. The van der Waals surface area contributed by atoms with E-state index in [-0.39, 0.29) is 5.91 Å². The number of carbonyl (C=O) groups is 1. The van der Waals surface area contributed by atoms with Crippen LogP contribution in [0.4, 0.5) is 11.5 Å². The summed E-state index contributed by atoms with van der Waals surface area (Å²) in [5.41, 5.74) is 1.79. The summed E-state index contributed by atoms with van der Waals surface area (Å²) < 4.78 is 5.34. The Balaban J connectivity index is 1.57. The van der Waals surface area contributed by atoms with E-state index in [9.17, 15) is 4.79 Å². The van der Waals surface area contributed by atoms with Crippen molar-refractivity contribution in [3.63, 3.8) is 0 Å². The quantitative estimate of drug-likeness (QED) is 0.807. The second-order valence-corrected chi connectivity index (χ2v) is 6.44. The average Bonchev–Trinajstić information content (AvgIpc) is 2.66. The molecule has 3 rings (SSSR count). The molecule has 1 aliphatic rings. The second kappa shape index (κ2) is 8.93. The topological polar surface area (TPSA) is 79.4 Å². The number of nitrogens with zero attached hydrogens (tertiary/aromatic N) is 3. The molecule has 2 heterocycles. The molecule has 0 spiro atoms. The van der Waals surface area contributed by atoms with E-state index in [0.29, 0.717) is 22.2 Å². The van der Waals surface area contributed by atoms with Crippen LogP contribution in [-0.2, 0) is 4.74 Å². The summed E-state index contributed by atoms with van der Waals surface area (Å²) in [6.45, 7) is 6.94. The Labute approximate surface area is 157 Å². The highest BCUT2D eigenvalue weighted by Gasteiger charge is 2.12. The minimum Gasteiger partial charge on any atom is -0.379 e. The molecule has 1 aromatic heterocycles. The number of morpholine rings is 1. The van der Waals surface area contributed by atoms with Crippen LogP contribution in [0.5, 0.6) is 0 Å². The highest BCUT2D eigenvalue weighted by molar-refractivity contribution is 6.31. The lowest BCUT2D eigenvalue weighted by atomic mass is 10.2. The van der Waals surface area contributed by atoms with Crippen LogP contribution in [0.3, 0.4) is 0 Å². The highest BCUT2D eigenvalue weighted by atomic mass is 35.5. The van der Waals surface area contributed by atoms with Crippen molar-refractivity contribution in [2.24, 2.45) is 0 Å². The van der Waals surface area contributed by atoms with Crippen LogP contribution in [-0.4, -0.2) is 60.2 Å². The Morgan fingerprint density at radius 3 is 2.92 bits per heavy atom. The lowest BCUT2D eigenvalue weighted by molar-refractivity contribution is 0.0398. The molecule has 7 nitrogen and oxygen atoms in total. The first-order valence-electron chi connectivity index (χ1n) is 8.56. The first-order chi connectivity index (χ1) is 12.6. The van der Waals surface area contributed by atoms with E-state index in [1.807, 2.05) is 13.0 Å². The first-order valence-corrected chi connectivity index (χ1v) is 8.94. The van der Waals surface area contributed by atoms with Crippen molar-refractivity contribution in [3.8, 4) is 0 Å². The molecule has 0 bridgehead atoms. The Morgan fingerprint density at radius 2 is 2.12 bits per heavy atom. The number of hydrogen-bond acceptors (Lipinski definition) is 6. The largest absolute Gasteiger partial charge is 0.379 e. The molecule has 138 valence electrons. The highest BCUT2D eigenvalue weighted by Crippen LogP contribution is 2.23. The number of halogens is 1. The van der Waals surface area contributed by atoms with E-state index in [0.717, 1.165) is 45.0 Å². The van der Waals surface area contributed by atoms with Gasteiger partial charge in [0.05, 0.1) is 13.2 Å². The van der Waals surface area contributed by atoms with Crippen molar-refractivity contribution in [3.05, 3.63) is 46.9 Å². The van der Waals surface area contributed by atoms with Crippen molar-refractivity contribution in [2.45, 2.75) is 6.92 Å². The maximum atomic E-state index is 12.5. The summed E-state index contributed by atoms with van der Waals surface area (Å²) in [7, 11) is 0. The normalized spacial score (nSPS) is 14.8. The number of nitrogens with one attached hydrogen (secondary N) is 2. The minimum atomic E-state index is -0.297. The number of rotatable bonds is 6. The Bertz CT molecular complexity index is 765. The SMILES string of the molecule is Cc1c(Cl)cccc1NC(=O)c1cc(NCCN2CCOCC2)ncn1. The summed E-state index contributed by atoms with van der Waals surface area (Å²) in [6, 6.07) is 7.04. The molecule has 0 atom stereocenters. The number of carbonyl (C=O) groups excluding carboxylic acids is 1. The fraction of sp³-hybridized carbons (Fsp3) is 0.389. The van der Waals surface area contributed by atoms with E-state index >= 15 is 0 Å². The van der Waals surface area contributed by atoms with Gasteiger partial charge in [-0.2, -0.15) is 0 Å². The first kappa shape index (κ1) is 18.6. The summed E-state index contributed by atoms with van der Waals surface area (Å²) in [4.78, 5) is 23.0. The molecular formula is C18H22ClN5O2. The van der Waals surface area contributed by atoms with E-state index in [1.54, 1.807) is 18.2 Å². The zero-order chi connectivity index (χ0) is 18.4. The van der Waals surface area contributed by atoms with Gasteiger partial charge in [-0.3, -0.25) is 9.69 Å². The monoisotopic (exact) mass is 375 g/mol. The number of hydrogen-bond donors (Lipinski definition) is 2. The van der Waals surface area contributed by atoms with E-state index in [2.05, 4.69) is 25.5 Å². The van der Waals surface area contributed by atoms with Crippen LogP contribution in [0.25, 0.3) is 0 Å². The Kier molecular flexibility index (Phi) is 6.38. The lowest BCUT2D eigenvalue weighted by Gasteiger charge is -2.26. The zero-order valence-corrected chi connectivity index (χ0v) is 15.4. The van der Waals surface area contributed by atoms with Gasteiger partial charge in [0.15, 0.2) is 0 Å². The molecule has 1 fully saturated rings. The van der Waals surface area contributed by atoms with Gasteiger partial charge in [-0.05, 0) is 24.6 Å². The molecule has 1 amide bonds. The average molecular weight is 376 g/mol. The van der Waals surface area contributed by atoms with Crippen molar-refractivity contribution in [1.29, 1.82) is 0 Å². The number of aromatic nitrogens is 2. The van der Waals surface area contributed by atoms with Crippen LogP contribution in [0, 0.1) is 6.92 Å². The molecular weight excluding hydrogens is 354 g/mol. The van der Waals surface area contributed by atoms with Gasteiger partial charge in [-0.1, -0.05) is 17.7 Å². The molecule has 0 saturated carbocycles. The van der Waals surface area contributed by atoms with Gasteiger partial charge in [-0.25, -0.2) is 9.97 Å². The molecule has 2 N–H and O–H groups in total. The van der Waals surface area contributed by atoms with Gasteiger partial charge in [0.25, 0.3) is 5.91 Å². The molecule has 0 radical (unpaired) electrons. The third-order valence-electron chi connectivity index (χ3n) is 4.25. The molecule has 26 heavy (non-hydrogen) atoms. The maximum Gasteiger partial charge on any atom is 0.274 e. The fourth-order valence-corrected chi connectivity index (χ4v) is 2.85. The summed E-state index contributed by atoms with van der Waals surface area (Å²) in [6.07, 6.45) is 1.39. The van der Waals surface area contributed by atoms with E-state index in [1.165, 1.54) is 6.33 Å². The van der Waals surface area contributed by atoms with Gasteiger partial charge in [0.2, 0.25) is 0 Å². The van der Waals surface area contributed by atoms with Crippen molar-refractivity contribution >= 4 is 29.0 Å². The van der Waals surface area contributed by atoms with Crippen molar-refractivity contribution in [2.75, 3.05) is 50.0 Å². The number of anilines is 2. The molecule has 8 heteroatoms. The van der Waals surface area contributed by atoms with Gasteiger partial charge >= 0.3 is 0 Å². The molecule has 0 unspecified atom stereocenters. The van der Waals surface area contributed by atoms with Crippen molar-refractivity contribution in [1.82, 2.24) is 14.9 Å². The second-order valence-electron chi connectivity index (χ2n) is 6.04. The summed E-state index contributed by atoms with van der Waals surface area (Å²) >= 11 is 6.09. The minimum absolute atomic E-state index is 0.297. The van der Waals surface area contributed by atoms with Gasteiger partial charge in [0.1, 0.15) is 17.8 Å². The van der Waals surface area contributed by atoms with Gasteiger partial charge in [0, 0.05) is 43.0 Å². The predicted molar refractivity (Wildman–Crippen MR) is 102 cm³/mol. The maximum absolute atomic E-state index is 12.5. The van der Waals surface area contributed by atoms with Crippen LogP contribution in [0.1, 0.15) is 16.1 Å².